The molecule has 0 aliphatic heterocycles. The fraction of sp³-hybridized carbons (Fsp3) is 0.385. The number of carboxylic acid groups (broad SMARTS) is 1. The molecule has 5 nitrogen and oxygen atoms in total. The van der Waals surface area contributed by atoms with Crippen molar-refractivity contribution in [1.29, 1.82) is 0 Å². The average molecular weight is 251 g/mol. The zero-order valence-corrected chi connectivity index (χ0v) is 10.4. The summed E-state index contributed by atoms with van der Waals surface area (Å²) in [6.45, 7) is 3.75. The van der Waals surface area contributed by atoms with Crippen LogP contribution in [0.1, 0.15) is 30.6 Å². The molecule has 0 saturated carbocycles. The first kappa shape index (κ1) is 14.0. The van der Waals surface area contributed by atoms with Crippen molar-refractivity contribution in [2.75, 3.05) is 0 Å². The minimum Gasteiger partial charge on any atom is -0.507 e. The molecule has 0 aliphatic rings. The van der Waals surface area contributed by atoms with Crippen molar-refractivity contribution in [3.05, 3.63) is 29.8 Å². The zero-order chi connectivity index (χ0) is 13.7. The number of phenolic OH excluding ortho intramolecular Hbond substituents is 1. The predicted molar refractivity (Wildman–Crippen MR) is 66.5 cm³/mol. The minimum absolute atomic E-state index is 0.0764. The Hall–Kier alpha value is -2.04. The second kappa shape index (κ2) is 6.05. The van der Waals surface area contributed by atoms with E-state index in [0.717, 1.165) is 0 Å². The van der Waals surface area contributed by atoms with Gasteiger partial charge in [0.15, 0.2) is 0 Å². The molecule has 0 bridgehead atoms. The van der Waals surface area contributed by atoms with Crippen molar-refractivity contribution >= 4 is 11.9 Å². The standard InChI is InChI=1S/C13H17NO4/c1-8(2)7-10(13(17)18)14-12(16)9-5-3-4-6-11(9)15/h3-6,8,10,15H,7H2,1-2H3,(H,14,16)(H,17,18)/t10-/m1/s1. The zero-order valence-electron chi connectivity index (χ0n) is 10.4. The summed E-state index contributed by atoms with van der Waals surface area (Å²) in [6, 6.07) is 5.07. The number of benzene rings is 1. The molecular formula is C13H17NO4. The molecule has 0 aliphatic carbocycles. The molecule has 0 fully saturated rings. The molecule has 1 aromatic rings. The second-order valence-electron chi connectivity index (χ2n) is 4.51. The molecule has 1 atom stereocenters. The summed E-state index contributed by atoms with van der Waals surface area (Å²) in [5.41, 5.74) is 0.0764. The van der Waals surface area contributed by atoms with Gasteiger partial charge in [-0.2, -0.15) is 0 Å². The van der Waals surface area contributed by atoms with Crippen molar-refractivity contribution in [3.63, 3.8) is 0 Å². The number of aromatic hydroxyl groups is 1. The van der Waals surface area contributed by atoms with E-state index in [1.165, 1.54) is 12.1 Å². The molecule has 0 saturated heterocycles. The van der Waals surface area contributed by atoms with Crippen LogP contribution in [0.3, 0.4) is 0 Å². The highest BCUT2D eigenvalue weighted by molar-refractivity contribution is 5.98. The quantitative estimate of drug-likeness (QED) is 0.742. The lowest BCUT2D eigenvalue weighted by Gasteiger charge is -2.16. The number of carbonyl (C=O) groups excluding carboxylic acids is 1. The van der Waals surface area contributed by atoms with E-state index in [4.69, 9.17) is 5.11 Å². The second-order valence-corrected chi connectivity index (χ2v) is 4.51. The number of phenols is 1. The van der Waals surface area contributed by atoms with E-state index in [9.17, 15) is 14.7 Å². The number of hydrogen-bond donors (Lipinski definition) is 3. The van der Waals surface area contributed by atoms with Gasteiger partial charge >= 0.3 is 5.97 Å². The largest absolute Gasteiger partial charge is 0.507 e. The number of amides is 1. The van der Waals surface area contributed by atoms with Gasteiger partial charge in [0.25, 0.3) is 5.91 Å². The van der Waals surface area contributed by atoms with Crippen LogP contribution in [0, 0.1) is 5.92 Å². The highest BCUT2D eigenvalue weighted by Crippen LogP contribution is 2.16. The van der Waals surface area contributed by atoms with E-state index < -0.39 is 17.9 Å². The third-order valence-corrected chi connectivity index (χ3v) is 2.46. The van der Waals surface area contributed by atoms with Crippen molar-refractivity contribution < 1.29 is 19.8 Å². The Labute approximate surface area is 105 Å². The van der Waals surface area contributed by atoms with Gasteiger partial charge in [-0.15, -0.1) is 0 Å². The normalized spacial score (nSPS) is 12.2. The number of nitrogens with one attached hydrogen (secondary N) is 1. The maximum atomic E-state index is 11.8. The Balaban J connectivity index is 2.79. The Bertz CT molecular complexity index is 442. The van der Waals surface area contributed by atoms with E-state index in [-0.39, 0.29) is 17.2 Å². The van der Waals surface area contributed by atoms with Crippen LogP contribution < -0.4 is 5.32 Å². The number of rotatable bonds is 5. The third kappa shape index (κ3) is 3.76. The van der Waals surface area contributed by atoms with Gasteiger partial charge in [0.05, 0.1) is 5.56 Å². The van der Waals surface area contributed by atoms with E-state index in [1.54, 1.807) is 12.1 Å². The molecule has 0 heterocycles. The van der Waals surface area contributed by atoms with Crippen LogP contribution in [0.4, 0.5) is 0 Å². The van der Waals surface area contributed by atoms with Gasteiger partial charge in [0, 0.05) is 0 Å². The van der Waals surface area contributed by atoms with E-state index in [0.29, 0.717) is 6.42 Å². The number of carbonyl (C=O) groups is 2. The van der Waals surface area contributed by atoms with Gasteiger partial charge in [0.2, 0.25) is 0 Å². The summed E-state index contributed by atoms with van der Waals surface area (Å²) in [4.78, 5) is 22.8. The Morgan fingerprint density at radius 1 is 1.28 bits per heavy atom. The van der Waals surface area contributed by atoms with Crippen LogP contribution in [0.15, 0.2) is 24.3 Å². The van der Waals surface area contributed by atoms with Crippen LogP contribution >= 0.6 is 0 Å². The SMILES string of the molecule is CC(C)C[C@@H](NC(=O)c1ccccc1O)C(=O)O. The maximum Gasteiger partial charge on any atom is 0.326 e. The van der Waals surface area contributed by atoms with Crippen LogP contribution in [0.5, 0.6) is 5.75 Å². The fourth-order valence-corrected chi connectivity index (χ4v) is 1.59. The van der Waals surface area contributed by atoms with Crippen LogP contribution in [0.2, 0.25) is 0 Å². The summed E-state index contributed by atoms with van der Waals surface area (Å²) in [7, 11) is 0. The fourth-order valence-electron chi connectivity index (χ4n) is 1.59. The first-order valence-electron chi connectivity index (χ1n) is 5.73. The van der Waals surface area contributed by atoms with Gasteiger partial charge in [-0.05, 0) is 24.5 Å². The molecule has 18 heavy (non-hydrogen) atoms. The molecule has 0 radical (unpaired) electrons. The Morgan fingerprint density at radius 3 is 2.39 bits per heavy atom. The van der Waals surface area contributed by atoms with E-state index in [1.807, 2.05) is 13.8 Å². The van der Waals surface area contributed by atoms with Gasteiger partial charge in [-0.3, -0.25) is 4.79 Å². The van der Waals surface area contributed by atoms with Gasteiger partial charge in [-0.1, -0.05) is 26.0 Å². The number of para-hydroxylation sites is 1. The lowest BCUT2D eigenvalue weighted by atomic mass is 10.0. The molecule has 1 rings (SSSR count). The highest BCUT2D eigenvalue weighted by atomic mass is 16.4. The topological polar surface area (TPSA) is 86.6 Å². The Morgan fingerprint density at radius 2 is 1.89 bits per heavy atom. The van der Waals surface area contributed by atoms with E-state index >= 15 is 0 Å². The summed E-state index contributed by atoms with van der Waals surface area (Å²) in [5.74, 6) is -1.67. The van der Waals surface area contributed by atoms with Crippen molar-refractivity contribution in [3.8, 4) is 5.75 Å². The summed E-state index contributed by atoms with van der Waals surface area (Å²) in [5, 5.41) is 20.9. The van der Waals surface area contributed by atoms with Gasteiger partial charge in [-0.25, -0.2) is 4.79 Å². The van der Waals surface area contributed by atoms with Crippen molar-refractivity contribution in [1.82, 2.24) is 5.32 Å². The molecule has 0 aromatic heterocycles. The number of aliphatic carboxylic acids is 1. The molecule has 0 spiro atoms. The number of carboxylic acids is 1. The molecule has 0 unspecified atom stereocenters. The third-order valence-electron chi connectivity index (χ3n) is 2.46. The van der Waals surface area contributed by atoms with Gasteiger partial charge in [0.1, 0.15) is 11.8 Å². The lowest BCUT2D eigenvalue weighted by Crippen LogP contribution is -2.41. The van der Waals surface area contributed by atoms with Crippen molar-refractivity contribution in [2.45, 2.75) is 26.3 Å². The summed E-state index contributed by atoms with van der Waals surface area (Å²) in [6.07, 6.45) is 0.342. The minimum atomic E-state index is -1.08. The van der Waals surface area contributed by atoms with Gasteiger partial charge < -0.3 is 15.5 Å². The van der Waals surface area contributed by atoms with Crippen LogP contribution in [-0.4, -0.2) is 28.1 Å². The summed E-state index contributed by atoms with van der Waals surface area (Å²) >= 11 is 0. The van der Waals surface area contributed by atoms with Crippen LogP contribution in [-0.2, 0) is 4.79 Å². The monoisotopic (exact) mass is 251 g/mol. The lowest BCUT2D eigenvalue weighted by molar-refractivity contribution is -0.139. The number of hydrogen-bond acceptors (Lipinski definition) is 3. The van der Waals surface area contributed by atoms with E-state index in [2.05, 4.69) is 5.32 Å². The average Bonchev–Trinajstić information content (AvgIpc) is 2.27. The molecular weight excluding hydrogens is 234 g/mol. The first-order chi connectivity index (χ1) is 8.41. The van der Waals surface area contributed by atoms with Crippen molar-refractivity contribution in [2.24, 2.45) is 5.92 Å². The molecule has 1 amide bonds. The molecule has 3 N–H and O–H groups in total. The summed E-state index contributed by atoms with van der Waals surface area (Å²) < 4.78 is 0. The smallest absolute Gasteiger partial charge is 0.326 e. The predicted octanol–water partition coefficient (Wildman–Crippen LogP) is 1.62. The maximum absolute atomic E-state index is 11.8. The Kier molecular flexibility index (Phi) is 4.71. The molecule has 5 heteroatoms. The molecule has 98 valence electrons. The van der Waals surface area contributed by atoms with Crippen LogP contribution in [0.25, 0.3) is 0 Å². The highest BCUT2D eigenvalue weighted by Gasteiger charge is 2.22. The first-order valence-corrected chi connectivity index (χ1v) is 5.73. The molecule has 1 aromatic carbocycles.